The van der Waals surface area contributed by atoms with Crippen molar-refractivity contribution in [3.63, 3.8) is 0 Å². The van der Waals surface area contributed by atoms with Crippen LogP contribution in [0.4, 0.5) is 0 Å². The van der Waals surface area contributed by atoms with Crippen LogP contribution in [0, 0.1) is 0 Å². The molecule has 2 saturated heterocycles. The van der Waals surface area contributed by atoms with Gasteiger partial charge in [0.2, 0.25) is 0 Å². The molecule has 4 aromatic heterocycles. The zero-order valence-electron chi connectivity index (χ0n) is 27.5. The molecule has 2 fully saturated rings. The first-order chi connectivity index (χ1) is 21.8. The van der Waals surface area contributed by atoms with Crippen LogP contribution in [-0.2, 0) is 43.6 Å². The van der Waals surface area contributed by atoms with Gasteiger partial charge in [0.15, 0.2) is 22.9 Å². The van der Waals surface area contributed by atoms with Crippen LogP contribution in [-0.4, -0.2) is 126 Å². The number of ether oxygens (including phenoxy) is 4. The molecule has 20 heteroatoms. The molecule has 0 amide bonds. The standard InChI is InChI=1S/C11H21N3O3Si.C8H17N3OSi.C5H7N3O2.C2H3N3/c1-18(2,3)5-4-16-9-14-10(12-8-13-14)11(15)6-17-7-11;1-13(2,3)5-4-12-8-11-7-9-6-10-11;9-5(1-10-2-5)4-6-3-7-8-4;1-3-2-5-4-1/h8,15H,4-7,9H2,1-3H3;6-7H,4-5,8H2,1-3H3;3,9H,1-2H2,(H,6,7,8);1-2H,(H,3,4,5). The van der Waals surface area contributed by atoms with E-state index in [1.54, 1.807) is 15.7 Å². The molecule has 2 aliphatic rings. The van der Waals surface area contributed by atoms with E-state index in [1.165, 1.54) is 37.7 Å². The van der Waals surface area contributed by atoms with Crippen LogP contribution in [0.1, 0.15) is 11.6 Å². The van der Waals surface area contributed by atoms with Crippen molar-refractivity contribution in [1.29, 1.82) is 0 Å². The van der Waals surface area contributed by atoms with Gasteiger partial charge in [-0.3, -0.25) is 10.2 Å². The average Bonchev–Trinajstić information content (AvgIpc) is 3.80. The number of rotatable bonds is 12. The van der Waals surface area contributed by atoms with Crippen LogP contribution in [0.25, 0.3) is 0 Å². The highest BCUT2D eigenvalue weighted by atomic mass is 28.3. The lowest BCUT2D eigenvalue weighted by Gasteiger charge is -2.35. The highest BCUT2D eigenvalue weighted by molar-refractivity contribution is 6.76. The number of nitrogens with zero attached hydrogens (tertiary/aromatic N) is 10. The third-order valence-electron chi connectivity index (χ3n) is 6.48. The molecule has 46 heavy (non-hydrogen) atoms. The molecule has 0 atom stereocenters. The maximum absolute atomic E-state index is 10.1. The van der Waals surface area contributed by atoms with Gasteiger partial charge in [-0.2, -0.15) is 20.4 Å². The number of H-pyrrole nitrogens is 2. The van der Waals surface area contributed by atoms with Crippen molar-refractivity contribution in [2.45, 2.75) is 76.0 Å². The Labute approximate surface area is 270 Å². The summed E-state index contributed by atoms with van der Waals surface area (Å²) in [5.74, 6) is 1.01. The molecule has 256 valence electrons. The Morgan fingerprint density at radius 2 is 1.43 bits per heavy atom. The summed E-state index contributed by atoms with van der Waals surface area (Å²) in [6.45, 7) is 17.5. The van der Waals surface area contributed by atoms with E-state index in [2.05, 4.69) is 89.8 Å². The Kier molecular flexibility index (Phi) is 14.2. The Hall–Kier alpha value is -3.25. The minimum atomic E-state index is -1.06. The van der Waals surface area contributed by atoms with Crippen molar-refractivity contribution in [3.8, 4) is 0 Å². The summed E-state index contributed by atoms with van der Waals surface area (Å²) in [5.41, 5.74) is -1.89. The smallest absolute Gasteiger partial charge is 0.170 e. The Balaban J connectivity index is 0.000000180. The largest absolute Gasteiger partial charge is 0.377 e. The number of aliphatic hydroxyl groups is 2. The van der Waals surface area contributed by atoms with Crippen molar-refractivity contribution >= 4 is 16.1 Å². The monoisotopic (exact) mass is 680 g/mol. The molecule has 4 N–H and O–H groups in total. The fourth-order valence-corrected chi connectivity index (χ4v) is 5.05. The highest BCUT2D eigenvalue weighted by Crippen LogP contribution is 2.27. The third-order valence-corrected chi connectivity index (χ3v) is 9.89. The Bertz CT molecular complexity index is 1300. The number of hydrogen-bond acceptors (Lipinski definition) is 14. The summed E-state index contributed by atoms with van der Waals surface area (Å²) in [6.07, 6.45) is 8.94. The molecule has 6 rings (SSSR count). The Morgan fingerprint density at radius 1 is 0.783 bits per heavy atom. The molecule has 4 aromatic rings. The Morgan fingerprint density at radius 3 is 1.87 bits per heavy atom. The van der Waals surface area contributed by atoms with Crippen molar-refractivity contribution in [2.75, 3.05) is 39.6 Å². The SMILES string of the molecule is C[Si](C)(C)CCOCn1cncn1.C[Si](C)(C)CCOCn1ncnc1C1(O)COC1.OC1(c2ncn[nH]2)COC1.c1nc[nH]n1. The van der Waals surface area contributed by atoms with Crippen LogP contribution in [0.2, 0.25) is 51.4 Å². The van der Waals surface area contributed by atoms with Crippen LogP contribution < -0.4 is 0 Å². The molecular weight excluding hydrogens is 633 g/mol. The minimum absolute atomic E-state index is 0.278. The lowest BCUT2D eigenvalue weighted by molar-refractivity contribution is -0.192. The quantitative estimate of drug-likeness (QED) is 0.122. The summed E-state index contributed by atoms with van der Waals surface area (Å²) in [5, 5.41) is 39.9. The van der Waals surface area contributed by atoms with Gasteiger partial charge < -0.3 is 29.2 Å². The lowest BCUT2D eigenvalue weighted by Crippen LogP contribution is -2.48. The lowest BCUT2D eigenvalue weighted by atomic mass is 10.0. The van der Waals surface area contributed by atoms with Gasteiger partial charge in [-0.1, -0.05) is 39.3 Å². The van der Waals surface area contributed by atoms with Gasteiger partial charge in [0.25, 0.3) is 0 Å². The molecule has 18 nitrogen and oxygen atoms in total. The van der Waals surface area contributed by atoms with Gasteiger partial charge in [0.05, 0.1) is 26.4 Å². The predicted molar refractivity (Wildman–Crippen MR) is 170 cm³/mol. The maximum atomic E-state index is 10.1. The average molecular weight is 681 g/mol. The molecule has 0 aromatic carbocycles. The summed E-state index contributed by atoms with van der Waals surface area (Å²) >= 11 is 0. The van der Waals surface area contributed by atoms with E-state index in [1.807, 2.05) is 0 Å². The van der Waals surface area contributed by atoms with E-state index in [4.69, 9.17) is 18.9 Å². The van der Waals surface area contributed by atoms with Crippen LogP contribution in [0.15, 0.2) is 38.0 Å². The van der Waals surface area contributed by atoms with Crippen molar-refractivity contribution in [1.82, 2.24) is 59.9 Å². The second-order valence-electron chi connectivity index (χ2n) is 13.2. The highest BCUT2D eigenvalue weighted by Gasteiger charge is 2.42. The molecular formula is C26H48N12O6Si2. The van der Waals surface area contributed by atoms with Gasteiger partial charge in [-0.05, 0) is 12.1 Å². The topological polar surface area (TPSA) is 222 Å². The zero-order chi connectivity index (χ0) is 33.5. The van der Waals surface area contributed by atoms with E-state index >= 15 is 0 Å². The molecule has 0 radical (unpaired) electrons. The first-order valence-corrected chi connectivity index (χ1v) is 22.3. The number of aromatic nitrogens is 12. The van der Waals surface area contributed by atoms with E-state index in [9.17, 15) is 10.2 Å². The first kappa shape index (κ1) is 37.2. The molecule has 0 spiro atoms. The van der Waals surface area contributed by atoms with Crippen LogP contribution in [0.3, 0.4) is 0 Å². The van der Waals surface area contributed by atoms with Gasteiger partial charge in [-0.25, -0.2) is 29.3 Å². The zero-order valence-corrected chi connectivity index (χ0v) is 29.5. The number of hydrogen-bond donors (Lipinski definition) is 4. The summed E-state index contributed by atoms with van der Waals surface area (Å²) in [6, 6.07) is 2.31. The predicted octanol–water partition coefficient (Wildman–Crippen LogP) is 1.23. The fourth-order valence-electron chi connectivity index (χ4n) is 3.54. The van der Waals surface area contributed by atoms with E-state index < -0.39 is 27.3 Å². The second-order valence-corrected chi connectivity index (χ2v) is 24.5. The molecule has 6 heterocycles. The van der Waals surface area contributed by atoms with Crippen molar-refractivity contribution in [3.05, 3.63) is 49.6 Å². The fraction of sp³-hybridized carbons (Fsp3) is 0.692. The van der Waals surface area contributed by atoms with Gasteiger partial charge in [0, 0.05) is 29.4 Å². The van der Waals surface area contributed by atoms with Crippen LogP contribution in [0.5, 0.6) is 0 Å². The molecule has 2 aliphatic heterocycles. The molecule has 0 bridgehead atoms. The van der Waals surface area contributed by atoms with E-state index in [-0.39, 0.29) is 13.2 Å². The summed E-state index contributed by atoms with van der Waals surface area (Å²) in [4.78, 5) is 15.3. The van der Waals surface area contributed by atoms with Crippen molar-refractivity contribution < 1.29 is 29.2 Å². The second kappa shape index (κ2) is 17.6. The van der Waals surface area contributed by atoms with Gasteiger partial charge in [-0.15, -0.1) is 0 Å². The minimum Gasteiger partial charge on any atom is -0.377 e. The third kappa shape index (κ3) is 13.2. The van der Waals surface area contributed by atoms with Crippen LogP contribution >= 0.6 is 0 Å². The van der Waals surface area contributed by atoms with Gasteiger partial charge >= 0.3 is 0 Å². The van der Waals surface area contributed by atoms with E-state index in [0.717, 1.165) is 19.3 Å². The number of aromatic amines is 2. The number of nitrogens with one attached hydrogen (secondary N) is 2. The van der Waals surface area contributed by atoms with Gasteiger partial charge in [0.1, 0.15) is 51.4 Å². The van der Waals surface area contributed by atoms with E-state index in [0.29, 0.717) is 38.3 Å². The maximum Gasteiger partial charge on any atom is 0.170 e. The molecule has 0 saturated carbocycles. The van der Waals surface area contributed by atoms with Crippen molar-refractivity contribution in [2.24, 2.45) is 0 Å². The first-order valence-electron chi connectivity index (χ1n) is 14.9. The molecule has 0 aliphatic carbocycles. The summed E-state index contributed by atoms with van der Waals surface area (Å²) in [7, 11) is -2.01. The summed E-state index contributed by atoms with van der Waals surface area (Å²) < 4.78 is 24.2. The normalized spacial score (nSPS) is 16.3. The molecule has 0 unspecified atom stereocenters.